The summed E-state index contributed by atoms with van der Waals surface area (Å²) in [5.74, 6) is 0.683. The number of fused-ring (bicyclic) bond motifs is 1. The van der Waals surface area contributed by atoms with Crippen molar-refractivity contribution in [2.75, 3.05) is 51.3 Å². The number of amides is 2. The molecule has 2 aromatic carbocycles. The molecule has 2 amide bonds. The highest BCUT2D eigenvalue weighted by Crippen LogP contribution is 2.35. The number of hydrogen-bond donors (Lipinski definition) is 1. The third kappa shape index (κ3) is 4.99. The number of aryl methyl sites for hydroxylation is 2. The van der Waals surface area contributed by atoms with Crippen LogP contribution in [0.15, 0.2) is 66.9 Å². The van der Waals surface area contributed by atoms with Crippen molar-refractivity contribution in [3.63, 3.8) is 0 Å². The first-order valence-electron chi connectivity index (χ1n) is 12.9. The molecule has 0 bridgehead atoms. The van der Waals surface area contributed by atoms with E-state index in [1.165, 1.54) is 0 Å². The molecule has 1 N–H and O–H groups in total. The summed E-state index contributed by atoms with van der Waals surface area (Å²) in [6, 6.07) is 20.1. The SMILES string of the molecule is COCCNC(=O)c1ccc(N2CCN(C(=O)c3c(-c4ccccc4)n(C)c4ccc(C)cc34)CC2)nc1. The van der Waals surface area contributed by atoms with E-state index in [2.05, 4.69) is 57.0 Å². The van der Waals surface area contributed by atoms with E-state index in [0.717, 1.165) is 39.1 Å². The van der Waals surface area contributed by atoms with E-state index in [1.54, 1.807) is 19.4 Å². The van der Waals surface area contributed by atoms with Crippen molar-refractivity contribution in [2.24, 2.45) is 7.05 Å². The van der Waals surface area contributed by atoms with Crippen molar-refractivity contribution in [3.05, 3.63) is 83.6 Å². The lowest BCUT2D eigenvalue weighted by molar-refractivity contribution is 0.0748. The second kappa shape index (κ2) is 11.1. The second-order valence-corrected chi connectivity index (χ2v) is 9.60. The minimum atomic E-state index is -0.170. The van der Waals surface area contributed by atoms with E-state index in [9.17, 15) is 9.59 Å². The summed E-state index contributed by atoms with van der Waals surface area (Å²) >= 11 is 0. The summed E-state index contributed by atoms with van der Waals surface area (Å²) in [6.07, 6.45) is 1.60. The standard InChI is InChI=1S/C30H33N5O3/c1-21-9-11-25-24(19-21)27(28(33(25)2)22-7-5-4-6-8-22)30(37)35-16-14-34(15-17-35)26-12-10-23(20-32-26)29(36)31-13-18-38-3/h4-12,19-20H,13-18H2,1-3H3,(H,31,36). The van der Waals surface area contributed by atoms with E-state index in [4.69, 9.17) is 4.74 Å². The lowest BCUT2D eigenvalue weighted by Crippen LogP contribution is -2.49. The van der Waals surface area contributed by atoms with Gasteiger partial charge in [0.15, 0.2) is 0 Å². The Morgan fingerprint density at radius 3 is 2.45 bits per heavy atom. The van der Waals surface area contributed by atoms with E-state index >= 15 is 0 Å². The number of rotatable bonds is 7. The van der Waals surface area contributed by atoms with Gasteiger partial charge in [0, 0.05) is 64.0 Å². The molecule has 0 saturated carbocycles. The molecule has 1 aliphatic rings. The third-order valence-corrected chi connectivity index (χ3v) is 7.11. The minimum absolute atomic E-state index is 0.0516. The second-order valence-electron chi connectivity index (χ2n) is 9.60. The summed E-state index contributed by atoms with van der Waals surface area (Å²) in [4.78, 5) is 34.9. The summed E-state index contributed by atoms with van der Waals surface area (Å²) < 4.78 is 7.10. The lowest BCUT2D eigenvalue weighted by Gasteiger charge is -2.35. The van der Waals surface area contributed by atoms with Gasteiger partial charge < -0.3 is 24.4 Å². The number of nitrogens with zero attached hydrogens (tertiary/aromatic N) is 4. The van der Waals surface area contributed by atoms with Gasteiger partial charge in [-0.1, -0.05) is 42.0 Å². The molecule has 196 valence electrons. The molecule has 1 aliphatic heterocycles. The van der Waals surface area contributed by atoms with Crippen molar-refractivity contribution in [2.45, 2.75) is 6.92 Å². The maximum atomic E-state index is 14.0. The first kappa shape index (κ1) is 25.5. The van der Waals surface area contributed by atoms with Crippen LogP contribution < -0.4 is 10.2 Å². The number of nitrogens with one attached hydrogen (secondary N) is 1. The molecule has 0 radical (unpaired) electrons. The molecule has 0 aliphatic carbocycles. The highest BCUT2D eigenvalue weighted by molar-refractivity contribution is 6.13. The molecule has 5 rings (SSSR count). The monoisotopic (exact) mass is 511 g/mol. The van der Waals surface area contributed by atoms with Gasteiger partial charge in [0.1, 0.15) is 5.82 Å². The zero-order valence-electron chi connectivity index (χ0n) is 22.1. The number of ether oxygens (including phenoxy) is 1. The molecule has 0 unspecified atom stereocenters. The molecule has 2 aromatic heterocycles. The number of anilines is 1. The number of benzene rings is 2. The van der Waals surface area contributed by atoms with Gasteiger partial charge in [0.05, 0.1) is 23.4 Å². The molecule has 1 saturated heterocycles. The van der Waals surface area contributed by atoms with Crippen LogP contribution in [0.3, 0.4) is 0 Å². The minimum Gasteiger partial charge on any atom is -0.383 e. The number of carbonyl (C=O) groups is 2. The number of carbonyl (C=O) groups excluding carboxylic acids is 2. The van der Waals surface area contributed by atoms with Gasteiger partial charge >= 0.3 is 0 Å². The largest absolute Gasteiger partial charge is 0.383 e. The quantitative estimate of drug-likeness (QED) is 0.381. The number of piperazine rings is 1. The predicted octanol–water partition coefficient (Wildman–Crippen LogP) is 3.89. The first-order chi connectivity index (χ1) is 18.5. The molecule has 0 atom stereocenters. The Balaban J connectivity index is 1.34. The lowest BCUT2D eigenvalue weighted by atomic mass is 10.0. The first-order valence-corrected chi connectivity index (χ1v) is 12.9. The number of hydrogen-bond acceptors (Lipinski definition) is 5. The van der Waals surface area contributed by atoms with Gasteiger partial charge in [0.25, 0.3) is 11.8 Å². The summed E-state index contributed by atoms with van der Waals surface area (Å²) in [5, 5.41) is 3.79. The van der Waals surface area contributed by atoms with Crippen LogP contribution in [0.5, 0.6) is 0 Å². The highest BCUT2D eigenvalue weighted by Gasteiger charge is 2.29. The van der Waals surface area contributed by atoms with Crippen molar-refractivity contribution >= 4 is 28.5 Å². The van der Waals surface area contributed by atoms with Crippen LogP contribution in [0.4, 0.5) is 5.82 Å². The summed E-state index contributed by atoms with van der Waals surface area (Å²) in [6.45, 7) is 5.50. The molecule has 3 heterocycles. The molecule has 8 nitrogen and oxygen atoms in total. The fourth-order valence-electron chi connectivity index (χ4n) is 5.08. The number of methoxy groups -OCH3 is 1. The molecule has 1 fully saturated rings. The Hall–Kier alpha value is -4.17. The van der Waals surface area contributed by atoms with E-state index in [-0.39, 0.29) is 11.8 Å². The van der Waals surface area contributed by atoms with Crippen molar-refractivity contribution in [3.8, 4) is 11.3 Å². The number of pyridine rings is 1. The molecule has 8 heteroatoms. The molecular weight excluding hydrogens is 478 g/mol. The van der Waals surface area contributed by atoms with Gasteiger partial charge in [-0.05, 0) is 36.8 Å². The van der Waals surface area contributed by atoms with Crippen LogP contribution in [0.2, 0.25) is 0 Å². The molecular formula is C30H33N5O3. The zero-order chi connectivity index (χ0) is 26.6. The predicted molar refractivity (Wildman–Crippen MR) is 150 cm³/mol. The van der Waals surface area contributed by atoms with Gasteiger partial charge in [0.2, 0.25) is 0 Å². The van der Waals surface area contributed by atoms with Gasteiger partial charge in [-0.2, -0.15) is 0 Å². The van der Waals surface area contributed by atoms with Crippen LogP contribution in [0.1, 0.15) is 26.3 Å². The van der Waals surface area contributed by atoms with Crippen LogP contribution in [-0.2, 0) is 11.8 Å². The van der Waals surface area contributed by atoms with Crippen LogP contribution in [0, 0.1) is 6.92 Å². The van der Waals surface area contributed by atoms with Crippen LogP contribution in [0.25, 0.3) is 22.2 Å². The number of aromatic nitrogens is 2. The maximum absolute atomic E-state index is 14.0. The fourth-order valence-corrected chi connectivity index (χ4v) is 5.08. The average molecular weight is 512 g/mol. The normalized spacial score (nSPS) is 13.7. The smallest absolute Gasteiger partial charge is 0.256 e. The summed E-state index contributed by atoms with van der Waals surface area (Å²) in [7, 11) is 3.63. The Bertz CT molecular complexity index is 1440. The third-order valence-electron chi connectivity index (χ3n) is 7.11. The molecule has 0 spiro atoms. The van der Waals surface area contributed by atoms with E-state index < -0.39 is 0 Å². The molecule has 4 aromatic rings. The summed E-state index contributed by atoms with van der Waals surface area (Å²) in [5.41, 5.74) is 5.42. The van der Waals surface area contributed by atoms with Crippen LogP contribution in [-0.4, -0.2) is 72.7 Å². The average Bonchev–Trinajstić information content (AvgIpc) is 3.24. The Morgan fingerprint density at radius 1 is 1.00 bits per heavy atom. The fraction of sp³-hybridized carbons (Fsp3) is 0.300. The van der Waals surface area contributed by atoms with E-state index in [1.807, 2.05) is 36.2 Å². The van der Waals surface area contributed by atoms with Crippen molar-refractivity contribution < 1.29 is 14.3 Å². The van der Waals surface area contributed by atoms with Gasteiger partial charge in [-0.25, -0.2) is 4.98 Å². The molecule has 38 heavy (non-hydrogen) atoms. The zero-order valence-corrected chi connectivity index (χ0v) is 22.1. The highest BCUT2D eigenvalue weighted by atomic mass is 16.5. The maximum Gasteiger partial charge on any atom is 0.256 e. The van der Waals surface area contributed by atoms with Crippen LogP contribution >= 0.6 is 0 Å². The topological polar surface area (TPSA) is 79.7 Å². The van der Waals surface area contributed by atoms with E-state index in [0.29, 0.717) is 44.9 Å². The Labute approximate surface area is 222 Å². The van der Waals surface area contributed by atoms with Gasteiger partial charge in [-0.3, -0.25) is 9.59 Å². The van der Waals surface area contributed by atoms with Crippen molar-refractivity contribution in [1.29, 1.82) is 0 Å². The Morgan fingerprint density at radius 2 is 1.76 bits per heavy atom. The van der Waals surface area contributed by atoms with Crippen molar-refractivity contribution in [1.82, 2.24) is 19.8 Å². The Kier molecular flexibility index (Phi) is 7.42. The van der Waals surface area contributed by atoms with Gasteiger partial charge in [-0.15, -0.1) is 0 Å².